The second-order valence-corrected chi connectivity index (χ2v) is 11.8. The summed E-state index contributed by atoms with van der Waals surface area (Å²) in [7, 11) is 0. The highest BCUT2D eigenvalue weighted by molar-refractivity contribution is 6.03. The first kappa shape index (κ1) is 34.9. The van der Waals surface area contributed by atoms with E-state index in [1.165, 1.54) is 0 Å². The third-order valence-electron chi connectivity index (χ3n) is 8.70. The van der Waals surface area contributed by atoms with E-state index in [2.05, 4.69) is 52.2 Å². The number of carbonyl (C=O) groups is 3. The summed E-state index contributed by atoms with van der Waals surface area (Å²) in [6.07, 6.45) is 17.1. The first-order valence-electron chi connectivity index (χ1n) is 16.0. The van der Waals surface area contributed by atoms with Gasteiger partial charge in [-0.3, -0.25) is 14.4 Å². The summed E-state index contributed by atoms with van der Waals surface area (Å²) in [6.45, 7) is 14.2. The van der Waals surface area contributed by atoms with E-state index in [9.17, 15) is 14.4 Å². The number of carbonyl (C=O) groups excluding carboxylic acids is 3. The molecule has 0 aliphatic heterocycles. The summed E-state index contributed by atoms with van der Waals surface area (Å²) in [6, 6.07) is 0. The quantitative estimate of drug-likeness (QED) is 0.145. The Kier molecular flexibility index (Phi) is 17.1. The molecule has 1 rings (SSSR count). The van der Waals surface area contributed by atoms with E-state index in [1.807, 2.05) is 0 Å². The molecule has 0 heterocycles. The van der Waals surface area contributed by atoms with Crippen LogP contribution in [0.15, 0.2) is 23.3 Å². The third-order valence-corrected chi connectivity index (χ3v) is 8.70. The van der Waals surface area contributed by atoms with Crippen molar-refractivity contribution in [1.29, 1.82) is 0 Å². The summed E-state index contributed by atoms with van der Waals surface area (Å²) in [5, 5.41) is 6.21. The van der Waals surface area contributed by atoms with Gasteiger partial charge < -0.3 is 16.4 Å². The Morgan fingerprint density at radius 3 is 1.67 bits per heavy atom. The highest BCUT2D eigenvalue weighted by atomic mass is 16.2. The van der Waals surface area contributed by atoms with Crippen molar-refractivity contribution < 1.29 is 14.4 Å². The molecule has 0 radical (unpaired) electrons. The fourth-order valence-electron chi connectivity index (χ4n) is 5.67. The zero-order valence-corrected chi connectivity index (χ0v) is 26.0. The Morgan fingerprint density at radius 1 is 0.769 bits per heavy atom. The maximum atomic E-state index is 13.4. The van der Waals surface area contributed by atoms with Crippen LogP contribution in [0, 0.1) is 23.2 Å². The molecule has 0 fully saturated rings. The highest BCUT2D eigenvalue weighted by Gasteiger charge is 2.41. The minimum atomic E-state index is -1.04. The SMILES string of the molecule is CCCCC(CC)CNC(=O)C1=CC(CC(CC)CCCC)(C(N)=O)CC(C(=O)NCC(CC)CCCC)=C1. The fraction of sp³-hybridized carbons (Fsp3) is 0.788. The van der Waals surface area contributed by atoms with Gasteiger partial charge in [0.25, 0.3) is 5.91 Å². The Hall–Kier alpha value is -2.11. The number of unbranched alkanes of at least 4 members (excludes halogenated alkanes) is 3. The molecule has 224 valence electrons. The summed E-state index contributed by atoms with van der Waals surface area (Å²) < 4.78 is 0. The lowest BCUT2D eigenvalue weighted by Gasteiger charge is -2.35. The van der Waals surface area contributed by atoms with Crippen molar-refractivity contribution in [1.82, 2.24) is 10.6 Å². The number of rotatable bonds is 21. The lowest BCUT2D eigenvalue weighted by Crippen LogP contribution is -2.43. The maximum absolute atomic E-state index is 13.4. The third kappa shape index (κ3) is 11.9. The lowest BCUT2D eigenvalue weighted by atomic mass is 9.69. The van der Waals surface area contributed by atoms with Gasteiger partial charge in [-0.25, -0.2) is 0 Å². The van der Waals surface area contributed by atoms with Gasteiger partial charge in [-0.05, 0) is 49.5 Å². The van der Waals surface area contributed by atoms with Crippen LogP contribution in [0.5, 0.6) is 0 Å². The van der Waals surface area contributed by atoms with Crippen LogP contribution in [-0.4, -0.2) is 30.8 Å². The average Bonchev–Trinajstić information content (AvgIpc) is 2.94. The van der Waals surface area contributed by atoms with Crippen LogP contribution in [0.25, 0.3) is 0 Å². The number of amides is 3. The molecule has 1 aliphatic rings. The molecule has 0 aromatic heterocycles. The Balaban J connectivity index is 3.26. The van der Waals surface area contributed by atoms with Crippen LogP contribution in [0.3, 0.4) is 0 Å². The molecule has 4 N–H and O–H groups in total. The molecular weight excluding hydrogens is 486 g/mol. The van der Waals surface area contributed by atoms with Crippen molar-refractivity contribution in [2.45, 2.75) is 131 Å². The molecule has 0 spiro atoms. The summed E-state index contributed by atoms with van der Waals surface area (Å²) in [5.74, 6) is 0.271. The molecule has 6 heteroatoms. The van der Waals surface area contributed by atoms with Gasteiger partial charge in [0.2, 0.25) is 11.8 Å². The van der Waals surface area contributed by atoms with Gasteiger partial charge >= 0.3 is 0 Å². The Morgan fingerprint density at radius 2 is 1.23 bits per heavy atom. The normalized spacial score (nSPS) is 19.4. The van der Waals surface area contributed by atoms with Gasteiger partial charge in [-0.2, -0.15) is 0 Å². The molecule has 0 aromatic rings. The summed E-state index contributed by atoms with van der Waals surface area (Å²) >= 11 is 0. The first-order valence-corrected chi connectivity index (χ1v) is 16.0. The van der Waals surface area contributed by atoms with E-state index >= 15 is 0 Å². The van der Waals surface area contributed by atoms with Gasteiger partial charge in [0.05, 0.1) is 5.41 Å². The topological polar surface area (TPSA) is 101 Å². The molecule has 0 aromatic carbocycles. The maximum Gasteiger partial charge on any atom is 0.251 e. The predicted octanol–water partition coefficient (Wildman–Crippen LogP) is 6.99. The van der Waals surface area contributed by atoms with Crippen LogP contribution >= 0.6 is 0 Å². The average molecular weight is 546 g/mol. The molecule has 0 saturated carbocycles. The molecule has 1 aliphatic carbocycles. The molecule has 6 nitrogen and oxygen atoms in total. The van der Waals surface area contributed by atoms with Gasteiger partial charge in [0.1, 0.15) is 0 Å². The van der Waals surface area contributed by atoms with Crippen LogP contribution in [0.1, 0.15) is 131 Å². The van der Waals surface area contributed by atoms with Crippen molar-refractivity contribution in [3.63, 3.8) is 0 Å². The molecule has 4 unspecified atom stereocenters. The van der Waals surface area contributed by atoms with E-state index < -0.39 is 11.3 Å². The van der Waals surface area contributed by atoms with Crippen molar-refractivity contribution in [3.05, 3.63) is 23.3 Å². The lowest BCUT2D eigenvalue weighted by molar-refractivity contribution is -0.126. The van der Waals surface area contributed by atoms with Gasteiger partial charge in [0, 0.05) is 24.2 Å². The van der Waals surface area contributed by atoms with Gasteiger partial charge in [-0.15, -0.1) is 0 Å². The molecule has 0 saturated heterocycles. The Labute approximate surface area is 239 Å². The zero-order valence-electron chi connectivity index (χ0n) is 26.0. The Bertz CT molecular complexity index is 819. The minimum absolute atomic E-state index is 0.190. The largest absolute Gasteiger partial charge is 0.369 e. The van der Waals surface area contributed by atoms with Crippen LogP contribution in [-0.2, 0) is 14.4 Å². The van der Waals surface area contributed by atoms with Crippen LogP contribution in [0.2, 0.25) is 0 Å². The number of hydrogen-bond acceptors (Lipinski definition) is 3. The molecule has 39 heavy (non-hydrogen) atoms. The summed E-state index contributed by atoms with van der Waals surface area (Å²) in [4.78, 5) is 39.9. The van der Waals surface area contributed by atoms with E-state index in [0.29, 0.717) is 48.4 Å². The highest BCUT2D eigenvalue weighted by Crippen LogP contribution is 2.41. The zero-order chi connectivity index (χ0) is 29.3. The number of nitrogens with two attached hydrogens (primary N) is 1. The summed E-state index contributed by atoms with van der Waals surface area (Å²) in [5.41, 5.74) is 5.91. The second kappa shape index (κ2) is 19.0. The fourth-order valence-corrected chi connectivity index (χ4v) is 5.67. The van der Waals surface area contributed by atoms with E-state index in [1.54, 1.807) is 12.2 Å². The first-order chi connectivity index (χ1) is 18.7. The minimum Gasteiger partial charge on any atom is -0.369 e. The molecule has 0 bridgehead atoms. The van der Waals surface area contributed by atoms with E-state index in [0.717, 1.165) is 77.0 Å². The van der Waals surface area contributed by atoms with Gasteiger partial charge in [0.15, 0.2) is 0 Å². The van der Waals surface area contributed by atoms with Gasteiger partial charge in [-0.1, -0.05) is 112 Å². The van der Waals surface area contributed by atoms with Crippen LogP contribution < -0.4 is 16.4 Å². The predicted molar refractivity (Wildman–Crippen MR) is 163 cm³/mol. The monoisotopic (exact) mass is 545 g/mol. The number of hydrogen-bond donors (Lipinski definition) is 3. The van der Waals surface area contributed by atoms with E-state index in [-0.39, 0.29) is 18.2 Å². The molecule has 3 amide bonds. The van der Waals surface area contributed by atoms with Crippen LogP contribution in [0.4, 0.5) is 0 Å². The van der Waals surface area contributed by atoms with Crippen molar-refractivity contribution in [2.75, 3.05) is 13.1 Å². The molecular formula is C33H59N3O3. The van der Waals surface area contributed by atoms with E-state index in [4.69, 9.17) is 5.73 Å². The smallest absolute Gasteiger partial charge is 0.251 e. The second-order valence-electron chi connectivity index (χ2n) is 11.8. The van der Waals surface area contributed by atoms with Crippen molar-refractivity contribution in [3.8, 4) is 0 Å². The van der Waals surface area contributed by atoms with Crippen molar-refractivity contribution >= 4 is 17.7 Å². The molecule has 4 atom stereocenters. The standard InChI is InChI=1S/C33H59N3O3/c1-7-13-16-25(10-4)20-33(32(34)39)21-28(30(37)35-23-26(11-5)17-14-8-2)19-29(22-33)31(38)36-24-27(12-6)18-15-9-3/h19,21,25-27H,7-18,20,22-24H2,1-6H3,(H2,34,39)(H,35,37)(H,36,38). The van der Waals surface area contributed by atoms with Crippen molar-refractivity contribution in [2.24, 2.45) is 28.9 Å². The number of primary amides is 1. The number of nitrogens with one attached hydrogen (secondary N) is 2.